The first-order chi connectivity index (χ1) is 23.6. The van der Waals surface area contributed by atoms with Crippen molar-refractivity contribution in [3.05, 3.63) is 138 Å². The summed E-state index contributed by atoms with van der Waals surface area (Å²) in [6, 6.07) is 31.9. The molecule has 9 rings (SSSR count). The predicted octanol–water partition coefficient (Wildman–Crippen LogP) is 7.26. The Morgan fingerprint density at radius 2 is 1.42 bits per heavy atom. The number of carbonyl (C=O) groups is 1. The minimum absolute atomic E-state index is 0.107. The number of fused-ring (bicyclic) bond motifs is 4. The van der Waals surface area contributed by atoms with Crippen molar-refractivity contribution in [3.8, 4) is 11.4 Å². The van der Waals surface area contributed by atoms with Crippen LogP contribution in [0.15, 0.2) is 116 Å². The summed E-state index contributed by atoms with van der Waals surface area (Å²) < 4.78 is 22.2. The molecule has 1 N–H and O–H groups in total. The van der Waals surface area contributed by atoms with Crippen LogP contribution < -0.4 is 5.32 Å². The third kappa shape index (κ3) is 4.92. The lowest BCUT2D eigenvalue weighted by atomic mass is 9.61. The molecular formula is C39H35FN6O2. The molecule has 3 fully saturated rings. The fourth-order valence-electron chi connectivity index (χ4n) is 8.16. The van der Waals surface area contributed by atoms with E-state index in [2.05, 4.69) is 51.7 Å². The Kier molecular flexibility index (Phi) is 7.67. The number of esters is 1. The van der Waals surface area contributed by atoms with E-state index in [4.69, 9.17) is 14.8 Å². The fraction of sp³-hybridized carbons (Fsp3) is 0.256. The molecule has 0 aliphatic heterocycles. The zero-order valence-corrected chi connectivity index (χ0v) is 26.5. The van der Waals surface area contributed by atoms with Crippen molar-refractivity contribution in [2.45, 2.75) is 37.3 Å². The summed E-state index contributed by atoms with van der Waals surface area (Å²) in [7, 11) is 1.46. The van der Waals surface area contributed by atoms with Gasteiger partial charge in [-0.25, -0.2) is 19.0 Å². The molecule has 2 bridgehead atoms. The number of hydrogen-bond donors (Lipinski definition) is 1. The van der Waals surface area contributed by atoms with Crippen LogP contribution in [-0.2, 0) is 15.1 Å². The highest BCUT2D eigenvalue weighted by atomic mass is 19.1. The molecule has 8 nitrogen and oxygen atoms in total. The van der Waals surface area contributed by atoms with E-state index in [1.54, 1.807) is 12.4 Å². The maximum atomic E-state index is 15.0. The second-order valence-electron chi connectivity index (χ2n) is 12.8. The lowest BCUT2D eigenvalue weighted by Crippen LogP contribution is -2.51. The normalized spacial score (nSPS) is 20.5. The Hall–Kier alpha value is -5.44. The first-order valence-corrected chi connectivity index (χ1v) is 16.5. The molecule has 3 aromatic carbocycles. The average molecular weight is 639 g/mol. The lowest BCUT2D eigenvalue weighted by molar-refractivity contribution is -0.152. The maximum Gasteiger partial charge on any atom is 0.311 e. The van der Waals surface area contributed by atoms with E-state index in [0.717, 1.165) is 42.4 Å². The van der Waals surface area contributed by atoms with E-state index in [1.165, 1.54) is 19.4 Å². The molecule has 2 atom stereocenters. The lowest BCUT2D eigenvalue weighted by Gasteiger charge is -2.47. The van der Waals surface area contributed by atoms with E-state index in [1.807, 2.05) is 59.3 Å². The molecule has 3 aliphatic carbocycles. The third-order valence-corrected chi connectivity index (χ3v) is 10.3. The van der Waals surface area contributed by atoms with Gasteiger partial charge >= 0.3 is 5.97 Å². The quantitative estimate of drug-likeness (QED) is 0.139. The Morgan fingerprint density at radius 1 is 0.833 bits per heavy atom. The van der Waals surface area contributed by atoms with Crippen LogP contribution in [0.25, 0.3) is 22.4 Å². The van der Waals surface area contributed by atoms with E-state index in [-0.39, 0.29) is 23.8 Å². The monoisotopic (exact) mass is 638 g/mol. The molecular weight excluding hydrogens is 603 g/mol. The first kappa shape index (κ1) is 29.9. The van der Waals surface area contributed by atoms with Crippen LogP contribution in [0.2, 0.25) is 0 Å². The topological polar surface area (TPSA) is 94.8 Å². The van der Waals surface area contributed by atoms with Crippen molar-refractivity contribution in [2.75, 3.05) is 12.4 Å². The van der Waals surface area contributed by atoms with Crippen LogP contribution in [0.3, 0.4) is 0 Å². The summed E-state index contributed by atoms with van der Waals surface area (Å²) in [6.07, 6.45) is 8.71. The van der Waals surface area contributed by atoms with Gasteiger partial charge in [-0.3, -0.25) is 9.78 Å². The molecule has 2 unspecified atom stereocenters. The molecule has 0 saturated heterocycles. The Balaban J connectivity index is 1.32. The minimum atomic E-state index is -0.969. The van der Waals surface area contributed by atoms with Gasteiger partial charge in [0.05, 0.1) is 37.0 Å². The summed E-state index contributed by atoms with van der Waals surface area (Å²) in [4.78, 5) is 27.1. The Labute approximate surface area is 278 Å². The molecule has 3 heterocycles. The second-order valence-corrected chi connectivity index (χ2v) is 12.8. The smallest absolute Gasteiger partial charge is 0.311 e. The Bertz CT molecular complexity index is 1970. The number of methoxy groups -OCH3 is 1. The van der Waals surface area contributed by atoms with E-state index in [9.17, 15) is 4.79 Å². The number of aromatic nitrogens is 5. The van der Waals surface area contributed by atoms with Crippen LogP contribution in [0, 0.1) is 23.6 Å². The van der Waals surface area contributed by atoms with Gasteiger partial charge in [0.2, 0.25) is 0 Å². The second kappa shape index (κ2) is 12.3. The summed E-state index contributed by atoms with van der Waals surface area (Å²) >= 11 is 0. The van der Waals surface area contributed by atoms with Gasteiger partial charge in [0.25, 0.3) is 0 Å². The van der Waals surface area contributed by atoms with Gasteiger partial charge in [0.1, 0.15) is 28.6 Å². The van der Waals surface area contributed by atoms with Crippen molar-refractivity contribution in [3.63, 3.8) is 0 Å². The van der Waals surface area contributed by atoms with Crippen LogP contribution in [0.1, 0.15) is 42.4 Å². The van der Waals surface area contributed by atoms with Gasteiger partial charge in [-0.1, -0.05) is 91.0 Å². The number of pyridine rings is 1. The summed E-state index contributed by atoms with van der Waals surface area (Å²) in [5.74, 6) is 0.254. The number of nitrogens with one attached hydrogen (secondary N) is 1. The number of rotatable bonds is 8. The van der Waals surface area contributed by atoms with Crippen LogP contribution in [0.4, 0.5) is 10.2 Å². The molecule has 0 radical (unpaired) electrons. The minimum Gasteiger partial charge on any atom is -0.469 e. The molecule has 0 amide bonds. The van der Waals surface area contributed by atoms with Crippen LogP contribution in [-0.4, -0.2) is 43.9 Å². The fourth-order valence-corrected chi connectivity index (χ4v) is 8.16. The van der Waals surface area contributed by atoms with Crippen molar-refractivity contribution < 1.29 is 13.9 Å². The Morgan fingerprint density at radius 3 is 2.00 bits per heavy atom. The molecule has 3 aliphatic rings. The summed E-state index contributed by atoms with van der Waals surface area (Å²) in [6.45, 7) is 0. The highest BCUT2D eigenvalue weighted by Gasteiger charge is 2.48. The zero-order valence-electron chi connectivity index (χ0n) is 26.5. The van der Waals surface area contributed by atoms with Gasteiger partial charge in [0.15, 0.2) is 5.65 Å². The van der Waals surface area contributed by atoms with Crippen molar-refractivity contribution in [1.82, 2.24) is 24.7 Å². The number of carbonyl (C=O) groups excluding carboxylic acids is 1. The van der Waals surface area contributed by atoms with Crippen molar-refractivity contribution in [1.29, 1.82) is 0 Å². The number of nitrogens with zero attached hydrogens (tertiary/aromatic N) is 5. The average Bonchev–Trinajstić information content (AvgIpc) is 3.52. The van der Waals surface area contributed by atoms with Crippen molar-refractivity contribution in [2.24, 2.45) is 17.8 Å². The molecule has 9 heteroatoms. The summed E-state index contributed by atoms with van der Waals surface area (Å²) in [5, 5.41) is 9.34. The third-order valence-electron chi connectivity index (χ3n) is 10.3. The zero-order chi connectivity index (χ0) is 32.7. The maximum absolute atomic E-state index is 15.0. The largest absolute Gasteiger partial charge is 0.469 e. The number of hydrogen-bond acceptors (Lipinski definition) is 7. The number of anilines is 1. The van der Waals surface area contributed by atoms with E-state index in [0.29, 0.717) is 34.2 Å². The van der Waals surface area contributed by atoms with Gasteiger partial charge in [0, 0.05) is 6.04 Å². The van der Waals surface area contributed by atoms with Crippen LogP contribution >= 0.6 is 0 Å². The number of halogens is 1. The van der Waals surface area contributed by atoms with Gasteiger partial charge in [-0.15, -0.1) is 0 Å². The number of ether oxygens (including phenoxy) is 1. The predicted molar refractivity (Wildman–Crippen MR) is 181 cm³/mol. The SMILES string of the molecule is COC(=O)C1C2CCC(CC2)C1Nc1cncc(-c2nn(C(c3ccccc3)(c3ccccc3)c3ccccc3)c3ncc(F)cc23)n1. The molecule has 48 heavy (non-hydrogen) atoms. The van der Waals surface area contributed by atoms with Gasteiger partial charge in [-0.2, -0.15) is 5.10 Å². The van der Waals surface area contributed by atoms with Crippen molar-refractivity contribution >= 4 is 22.8 Å². The highest BCUT2D eigenvalue weighted by molar-refractivity contribution is 5.91. The van der Waals surface area contributed by atoms with E-state index >= 15 is 4.39 Å². The van der Waals surface area contributed by atoms with Crippen LogP contribution in [0.5, 0.6) is 0 Å². The molecule has 6 aromatic rings. The molecule has 3 saturated carbocycles. The molecule has 0 spiro atoms. The van der Waals surface area contributed by atoms with E-state index < -0.39 is 11.4 Å². The van der Waals surface area contributed by atoms with Gasteiger partial charge < -0.3 is 10.1 Å². The first-order valence-electron chi connectivity index (χ1n) is 16.5. The number of benzene rings is 3. The summed E-state index contributed by atoms with van der Waals surface area (Å²) in [5.41, 5.74) is 3.35. The standard InChI is InChI=1S/C39H35FN6O2/c1-48-38(47)34-25-17-19-26(20-18-25)35(34)44-33-24-41-23-32(43-33)36-31-21-30(40)22-42-37(31)46(45-36)39(27-11-5-2-6-12-27,28-13-7-3-8-14-28)29-15-9-4-10-16-29/h2-16,21-26,34-35H,17-20H2,1H3,(H,43,44). The van der Waals surface area contributed by atoms with Gasteiger partial charge in [-0.05, 0) is 60.3 Å². The molecule has 3 aromatic heterocycles. The highest BCUT2D eigenvalue weighted by Crippen LogP contribution is 2.47. The molecule has 240 valence electrons.